The number of rotatable bonds is 4. The molecule has 2 aromatic heterocycles. The fourth-order valence-electron chi connectivity index (χ4n) is 4.53. The highest BCUT2D eigenvalue weighted by atomic mass is 16.5. The first-order valence-electron chi connectivity index (χ1n) is 10.8. The molecule has 0 spiro atoms. The van der Waals surface area contributed by atoms with E-state index < -0.39 is 0 Å². The number of aromatic nitrogens is 2. The number of pyridine rings is 1. The molecule has 31 heavy (non-hydrogen) atoms. The third kappa shape index (κ3) is 3.35. The predicted octanol–water partition coefficient (Wildman–Crippen LogP) is 5.53. The Morgan fingerprint density at radius 2 is 1.77 bits per heavy atom. The molecule has 1 aliphatic rings. The van der Waals surface area contributed by atoms with E-state index in [0.717, 1.165) is 35.4 Å². The van der Waals surface area contributed by atoms with Gasteiger partial charge in [0.2, 0.25) is 0 Å². The van der Waals surface area contributed by atoms with Crippen molar-refractivity contribution in [1.29, 1.82) is 0 Å². The molecule has 0 amide bonds. The molecule has 3 heterocycles. The molecular formula is C27H23N3O. The fourth-order valence-corrected chi connectivity index (χ4v) is 4.53. The summed E-state index contributed by atoms with van der Waals surface area (Å²) in [6.07, 6.45) is 0.988. The summed E-state index contributed by atoms with van der Waals surface area (Å²) in [5.41, 5.74) is 6.97. The zero-order chi connectivity index (χ0) is 20.6. The van der Waals surface area contributed by atoms with Gasteiger partial charge in [-0.15, -0.1) is 0 Å². The molecule has 152 valence electrons. The van der Waals surface area contributed by atoms with Crippen molar-refractivity contribution in [3.63, 3.8) is 0 Å². The largest absolute Gasteiger partial charge is 0.489 e. The summed E-state index contributed by atoms with van der Waals surface area (Å²) in [7, 11) is 0. The first-order chi connectivity index (χ1) is 15.3. The number of nitrogens with one attached hydrogen (secondary N) is 2. The highest BCUT2D eigenvalue weighted by Gasteiger charge is 2.26. The Morgan fingerprint density at radius 3 is 2.71 bits per heavy atom. The molecule has 0 radical (unpaired) electrons. The van der Waals surface area contributed by atoms with E-state index >= 15 is 0 Å². The number of H-pyrrole nitrogens is 1. The van der Waals surface area contributed by atoms with Crippen LogP contribution in [-0.4, -0.2) is 16.5 Å². The van der Waals surface area contributed by atoms with Crippen LogP contribution < -0.4 is 10.1 Å². The van der Waals surface area contributed by atoms with E-state index in [4.69, 9.17) is 9.72 Å². The van der Waals surface area contributed by atoms with Gasteiger partial charge in [-0.05, 0) is 47.9 Å². The van der Waals surface area contributed by atoms with Gasteiger partial charge < -0.3 is 15.0 Å². The summed E-state index contributed by atoms with van der Waals surface area (Å²) < 4.78 is 6.08. The summed E-state index contributed by atoms with van der Waals surface area (Å²) in [5, 5.41) is 6.06. The van der Waals surface area contributed by atoms with E-state index in [1.165, 1.54) is 27.6 Å². The van der Waals surface area contributed by atoms with E-state index in [-0.39, 0.29) is 6.04 Å². The van der Waals surface area contributed by atoms with Crippen LogP contribution in [0.3, 0.4) is 0 Å². The summed E-state index contributed by atoms with van der Waals surface area (Å²) in [6.45, 7) is 1.50. The Hall–Kier alpha value is -3.63. The number of hydrogen-bond donors (Lipinski definition) is 2. The van der Waals surface area contributed by atoms with E-state index in [2.05, 4.69) is 64.9 Å². The standard InChI is InChI=1S/C27H23N3O/c1-2-6-18(7-3-1)17-31-20-11-13-24-22(16-20)21-14-15-28-27(26(21)30-24)25-12-10-19-8-4-5-9-23(19)29-25/h1-13,16,27-28,30H,14-15,17H2. The second kappa shape index (κ2) is 7.56. The zero-order valence-electron chi connectivity index (χ0n) is 17.1. The minimum absolute atomic E-state index is 0.0643. The van der Waals surface area contributed by atoms with Gasteiger partial charge in [0.15, 0.2) is 0 Å². The second-order valence-electron chi connectivity index (χ2n) is 8.06. The van der Waals surface area contributed by atoms with Crippen molar-refractivity contribution in [1.82, 2.24) is 15.3 Å². The Labute approximate surface area is 180 Å². The van der Waals surface area contributed by atoms with Crippen molar-refractivity contribution in [2.75, 3.05) is 6.54 Å². The SMILES string of the molecule is c1ccc(COc2ccc3[nH]c4c(c3c2)CCNC4c2ccc3ccccc3n2)cc1. The minimum Gasteiger partial charge on any atom is -0.489 e. The quantitative estimate of drug-likeness (QED) is 0.413. The van der Waals surface area contributed by atoms with Crippen molar-refractivity contribution < 1.29 is 4.74 Å². The van der Waals surface area contributed by atoms with Gasteiger partial charge in [-0.1, -0.05) is 54.6 Å². The summed E-state index contributed by atoms with van der Waals surface area (Å²) in [5.74, 6) is 0.900. The third-order valence-electron chi connectivity index (χ3n) is 6.09. The molecular weight excluding hydrogens is 382 g/mol. The van der Waals surface area contributed by atoms with Crippen LogP contribution in [0.4, 0.5) is 0 Å². The molecule has 0 bridgehead atoms. The van der Waals surface area contributed by atoms with Crippen molar-refractivity contribution in [3.05, 3.63) is 107 Å². The maximum Gasteiger partial charge on any atom is 0.120 e. The Kier molecular flexibility index (Phi) is 4.43. The van der Waals surface area contributed by atoms with Crippen LogP contribution in [-0.2, 0) is 13.0 Å². The van der Waals surface area contributed by atoms with Crippen LogP contribution in [0.1, 0.15) is 28.6 Å². The zero-order valence-corrected chi connectivity index (χ0v) is 17.1. The first kappa shape index (κ1) is 18.2. The van der Waals surface area contributed by atoms with Crippen LogP contribution in [0.2, 0.25) is 0 Å². The average Bonchev–Trinajstić information content (AvgIpc) is 3.21. The van der Waals surface area contributed by atoms with Crippen molar-refractivity contribution in [2.45, 2.75) is 19.1 Å². The van der Waals surface area contributed by atoms with Gasteiger partial charge in [-0.2, -0.15) is 0 Å². The van der Waals surface area contributed by atoms with Crippen molar-refractivity contribution >= 4 is 21.8 Å². The number of ether oxygens (including phenoxy) is 1. The lowest BCUT2D eigenvalue weighted by Gasteiger charge is -2.24. The molecule has 0 fully saturated rings. The topological polar surface area (TPSA) is 49.9 Å². The maximum atomic E-state index is 6.08. The lowest BCUT2D eigenvalue weighted by atomic mass is 9.96. The maximum absolute atomic E-state index is 6.08. The number of hydrogen-bond acceptors (Lipinski definition) is 3. The molecule has 1 atom stereocenters. The van der Waals surface area contributed by atoms with Crippen molar-refractivity contribution in [3.8, 4) is 5.75 Å². The molecule has 2 N–H and O–H groups in total. The predicted molar refractivity (Wildman–Crippen MR) is 124 cm³/mol. The molecule has 6 rings (SSSR count). The van der Waals surface area contributed by atoms with Crippen LogP contribution in [0.5, 0.6) is 5.75 Å². The molecule has 0 aliphatic carbocycles. The number of para-hydroxylation sites is 1. The summed E-state index contributed by atoms with van der Waals surface area (Å²) >= 11 is 0. The Bertz CT molecular complexity index is 1370. The van der Waals surface area contributed by atoms with Crippen LogP contribution in [0.15, 0.2) is 84.9 Å². The summed E-state index contributed by atoms with van der Waals surface area (Å²) in [6, 6.07) is 29.2. The summed E-state index contributed by atoms with van der Waals surface area (Å²) in [4.78, 5) is 8.60. The Morgan fingerprint density at radius 1 is 0.903 bits per heavy atom. The lowest BCUT2D eigenvalue weighted by Crippen LogP contribution is -2.31. The van der Waals surface area contributed by atoms with Gasteiger partial charge in [0.05, 0.1) is 17.3 Å². The highest BCUT2D eigenvalue weighted by molar-refractivity contribution is 5.87. The van der Waals surface area contributed by atoms with E-state index in [9.17, 15) is 0 Å². The average molecular weight is 406 g/mol. The number of aromatic amines is 1. The number of fused-ring (bicyclic) bond motifs is 4. The van der Waals surface area contributed by atoms with Gasteiger partial charge >= 0.3 is 0 Å². The third-order valence-corrected chi connectivity index (χ3v) is 6.09. The van der Waals surface area contributed by atoms with Crippen LogP contribution in [0.25, 0.3) is 21.8 Å². The normalized spacial score (nSPS) is 15.8. The van der Waals surface area contributed by atoms with Gasteiger partial charge in [0.25, 0.3) is 0 Å². The first-order valence-corrected chi connectivity index (χ1v) is 10.8. The molecule has 5 aromatic rings. The molecule has 4 nitrogen and oxygen atoms in total. The smallest absolute Gasteiger partial charge is 0.120 e. The van der Waals surface area contributed by atoms with Gasteiger partial charge in [0, 0.05) is 28.5 Å². The second-order valence-corrected chi connectivity index (χ2v) is 8.06. The number of nitrogens with zero attached hydrogens (tertiary/aromatic N) is 1. The molecule has 0 saturated heterocycles. The molecule has 0 saturated carbocycles. The number of benzene rings is 3. The fraction of sp³-hybridized carbons (Fsp3) is 0.148. The molecule has 1 aliphatic heterocycles. The van der Waals surface area contributed by atoms with E-state index in [0.29, 0.717) is 6.61 Å². The van der Waals surface area contributed by atoms with Gasteiger partial charge in [-0.3, -0.25) is 4.98 Å². The van der Waals surface area contributed by atoms with Crippen LogP contribution in [0, 0.1) is 0 Å². The van der Waals surface area contributed by atoms with Gasteiger partial charge in [-0.25, -0.2) is 0 Å². The minimum atomic E-state index is 0.0643. The molecule has 4 heteroatoms. The van der Waals surface area contributed by atoms with E-state index in [1.807, 2.05) is 30.3 Å². The van der Waals surface area contributed by atoms with E-state index in [1.54, 1.807) is 0 Å². The van der Waals surface area contributed by atoms with Gasteiger partial charge in [0.1, 0.15) is 12.4 Å². The van der Waals surface area contributed by atoms with Crippen LogP contribution >= 0.6 is 0 Å². The monoisotopic (exact) mass is 405 g/mol. The highest BCUT2D eigenvalue weighted by Crippen LogP contribution is 2.35. The Balaban J connectivity index is 1.35. The molecule has 1 unspecified atom stereocenters. The lowest BCUT2D eigenvalue weighted by molar-refractivity contribution is 0.306. The molecule has 3 aromatic carbocycles. The van der Waals surface area contributed by atoms with Crippen molar-refractivity contribution in [2.24, 2.45) is 0 Å².